The van der Waals surface area contributed by atoms with Gasteiger partial charge in [0.25, 0.3) is 0 Å². The lowest BCUT2D eigenvalue weighted by molar-refractivity contribution is 0.117. The number of likely N-dealkylation sites (tertiary alicyclic amines) is 1. The average Bonchev–Trinajstić information content (AvgIpc) is 2.58. The first-order valence-electron chi connectivity index (χ1n) is 10.7. The number of hydrogen-bond donors (Lipinski definition) is 1. The Balaban J connectivity index is 1.34. The van der Waals surface area contributed by atoms with Crippen molar-refractivity contribution in [2.45, 2.75) is 77.6 Å². The lowest BCUT2D eigenvalue weighted by Crippen LogP contribution is -2.38. The molecule has 0 amide bonds. The van der Waals surface area contributed by atoms with Gasteiger partial charge in [-0.2, -0.15) is 0 Å². The summed E-state index contributed by atoms with van der Waals surface area (Å²) in [6.07, 6.45) is 16.2. The molecule has 3 atom stereocenters. The van der Waals surface area contributed by atoms with Crippen molar-refractivity contribution in [2.75, 3.05) is 26.2 Å². The molecule has 3 fully saturated rings. The van der Waals surface area contributed by atoms with Crippen LogP contribution < -0.4 is 5.73 Å². The molecule has 1 aliphatic heterocycles. The topological polar surface area (TPSA) is 29.3 Å². The monoisotopic (exact) mass is 320 g/mol. The number of rotatable bonds is 5. The smallest absolute Gasteiger partial charge is 0.000966 e. The number of nitrogens with two attached hydrogens (primary N) is 1. The Bertz CT molecular complexity index is 329. The van der Waals surface area contributed by atoms with E-state index in [1.807, 2.05) is 0 Å². The summed E-state index contributed by atoms with van der Waals surface area (Å²) >= 11 is 0. The van der Waals surface area contributed by atoms with E-state index in [1.54, 1.807) is 0 Å². The predicted molar refractivity (Wildman–Crippen MR) is 99.4 cm³/mol. The highest BCUT2D eigenvalue weighted by atomic mass is 15.1. The highest BCUT2D eigenvalue weighted by Gasteiger charge is 2.30. The molecule has 0 bridgehead atoms. The van der Waals surface area contributed by atoms with Crippen LogP contribution in [0.1, 0.15) is 77.6 Å². The van der Waals surface area contributed by atoms with Crippen LogP contribution in [-0.4, -0.2) is 31.1 Å². The number of piperidine rings is 1. The highest BCUT2D eigenvalue weighted by Crippen LogP contribution is 2.38. The first kappa shape index (κ1) is 17.7. The summed E-state index contributed by atoms with van der Waals surface area (Å²) < 4.78 is 0. The Labute approximate surface area is 144 Å². The fourth-order valence-electron chi connectivity index (χ4n) is 5.75. The lowest BCUT2D eigenvalue weighted by Gasteiger charge is -2.39. The molecule has 2 N–H and O–H groups in total. The molecule has 134 valence electrons. The summed E-state index contributed by atoms with van der Waals surface area (Å²) in [4.78, 5) is 2.79. The molecule has 1 saturated heterocycles. The minimum Gasteiger partial charge on any atom is -0.330 e. The van der Waals surface area contributed by atoms with E-state index in [0.717, 1.165) is 36.1 Å². The Hall–Kier alpha value is -0.0800. The molecule has 0 aromatic rings. The van der Waals surface area contributed by atoms with E-state index < -0.39 is 0 Å². The quantitative estimate of drug-likeness (QED) is 0.797. The van der Waals surface area contributed by atoms with E-state index in [4.69, 9.17) is 5.73 Å². The largest absolute Gasteiger partial charge is 0.330 e. The molecule has 2 nitrogen and oxygen atoms in total. The van der Waals surface area contributed by atoms with E-state index in [0.29, 0.717) is 0 Å². The molecular weight excluding hydrogens is 280 g/mol. The van der Waals surface area contributed by atoms with Crippen LogP contribution in [0.3, 0.4) is 0 Å². The maximum absolute atomic E-state index is 5.91. The van der Waals surface area contributed by atoms with Crippen LogP contribution in [0.15, 0.2) is 0 Å². The van der Waals surface area contributed by atoms with Crippen molar-refractivity contribution < 1.29 is 0 Å². The van der Waals surface area contributed by atoms with E-state index in [9.17, 15) is 0 Å². The molecule has 2 heteroatoms. The molecule has 23 heavy (non-hydrogen) atoms. The van der Waals surface area contributed by atoms with Gasteiger partial charge in [0.15, 0.2) is 0 Å². The molecule has 1 heterocycles. The van der Waals surface area contributed by atoms with Crippen LogP contribution >= 0.6 is 0 Å². The van der Waals surface area contributed by atoms with Gasteiger partial charge in [-0.3, -0.25) is 0 Å². The molecular formula is C21H40N2. The lowest BCUT2D eigenvalue weighted by atomic mass is 9.71. The van der Waals surface area contributed by atoms with Crippen molar-refractivity contribution in [1.29, 1.82) is 0 Å². The van der Waals surface area contributed by atoms with E-state index >= 15 is 0 Å². The zero-order valence-electron chi connectivity index (χ0n) is 15.5. The summed E-state index contributed by atoms with van der Waals surface area (Å²) in [7, 11) is 0. The Morgan fingerprint density at radius 3 is 2.22 bits per heavy atom. The standard InChI is InChI=1S/C21H40N2/c1-17-13-20(7-8-21(17)15-22)14-18-9-11-23(12-10-18)16-19-5-3-2-4-6-19/h17-21H,2-16,22H2,1H3. The highest BCUT2D eigenvalue weighted by molar-refractivity contribution is 4.82. The van der Waals surface area contributed by atoms with E-state index in [2.05, 4.69) is 11.8 Å². The third-order valence-corrected chi connectivity index (χ3v) is 7.37. The number of nitrogens with zero attached hydrogens (tertiary/aromatic N) is 1. The van der Waals surface area contributed by atoms with E-state index in [-0.39, 0.29) is 0 Å². The zero-order valence-corrected chi connectivity index (χ0v) is 15.5. The van der Waals surface area contributed by atoms with E-state index in [1.165, 1.54) is 90.3 Å². The molecule has 0 aromatic heterocycles. The minimum atomic E-state index is 0.809. The summed E-state index contributed by atoms with van der Waals surface area (Å²) in [5.41, 5.74) is 5.91. The second-order valence-corrected chi connectivity index (χ2v) is 9.14. The zero-order chi connectivity index (χ0) is 16.1. The Kier molecular flexibility index (Phi) is 6.83. The average molecular weight is 321 g/mol. The molecule has 0 aromatic carbocycles. The van der Waals surface area contributed by atoms with Gasteiger partial charge < -0.3 is 10.6 Å². The first-order chi connectivity index (χ1) is 11.2. The maximum atomic E-state index is 5.91. The van der Waals surface area contributed by atoms with Crippen molar-refractivity contribution in [3.63, 3.8) is 0 Å². The van der Waals surface area contributed by atoms with Crippen LogP contribution in [0.4, 0.5) is 0 Å². The van der Waals surface area contributed by atoms with Crippen molar-refractivity contribution in [1.82, 2.24) is 4.90 Å². The fraction of sp³-hybridized carbons (Fsp3) is 1.00. The van der Waals surface area contributed by atoms with Crippen LogP contribution in [-0.2, 0) is 0 Å². The first-order valence-corrected chi connectivity index (χ1v) is 10.7. The molecule has 3 aliphatic rings. The van der Waals surface area contributed by atoms with Gasteiger partial charge in [0.1, 0.15) is 0 Å². The van der Waals surface area contributed by atoms with Crippen LogP contribution in [0.2, 0.25) is 0 Å². The Morgan fingerprint density at radius 1 is 0.826 bits per heavy atom. The second kappa shape index (κ2) is 8.85. The fourth-order valence-corrected chi connectivity index (χ4v) is 5.75. The minimum absolute atomic E-state index is 0.809. The SMILES string of the molecule is CC1CC(CC2CCN(CC3CCCCC3)CC2)CCC1CN. The summed E-state index contributed by atoms with van der Waals surface area (Å²) in [6.45, 7) is 7.53. The van der Waals surface area contributed by atoms with Crippen LogP contribution in [0.5, 0.6) is 0 Å². The normalized spacial score (nSPS) is 35.5. The van der Waals surface area contributed by atoms with Gasteiger partial charge in [-0.15, -0.1) is 0 Å². The van der Waals surface area contributed by atoms with Gasteiger partial charge in [-0.1, -0.05) is 32.6 Å². The molecule has 3 unspecified atom stereocenters. The molecule has 0 radical (unpaired) electrons. The van der Waals surface area contributed by atoms with Gasteiger partial charge in [-0.05, 0) is 94.2 Å². The van der Waals surface area contributed by atoms with Crippen molar-refractivity contribution in [2.24, 2.45) is 35.3 Å². The molecule has 2 aliphatic carbocycles. The number of hydrogen-bond acceptors (Lipinski definition) is 2. The predicted octanol–water partition coefficient (Wildman–Crippen LogP) is 4.68. The van der Waals surface area contributed by atoms with Gasteiger partial charge in [-0.25, -0.2) is 0 Å². The van der Waals surface area contributed by atoms with Gasteiger partial charge in [0, 0.05) is 6.54 Å². The van der Waals surface area contributed by atoms with Gasteiger partial charge in [0.2, 0.25) is 0 Å². The van der Waals surface area contributed by atoms with Crippen molar-refractivity contribution in [3.8, 4) is 0 Å². The molecule has 0 spiro atoms. The van der Waals surface area contributed by atoms with Crippen molar-refractivity contribution >= 4 is 0 Å². The summed E-state index contributed by atoms with van der Waals surface area (Å²) in [5.74, 6) is 4.72. The molecule has 3 rings (SSSR count). The third-order valence-electron chi connectivity index (χ3n) is 7.37. The van der Waals surface area contributed by atoms with Gasteiger partial charge >= 0.3 is 0 Å². The molecule has 2 saturated carbocycles. The summed E-state index contributed by atoms with van der Waals surface area (Å²) in [5, 5.41) is 0. The van der Waals surface area contributed by atoms with Crippen LogP contribution in [0, 0.1) is 29.6 Å². The van der Waals surface area contributed by atoms with Crippen LogP contribution in [0.25, 0.3) is 0 Å². The summed E-state index contributed by atoms with van der Waals surface area (Å²) in [6, 6.07) is 0. The Morgan fingerprint density at radius 2 is 1.57 bits per heavy atom. The third kappa shape index (κ3) is 5.19. The van der Waals surface area contributed by atoms with Crippen molar-refractivity contribution in [3.05, 3.63) is 0 Å². The van der Waals surface area contributed by atoms with Gasteiger partial charge in [0.05, 0.1) is 0 Å². The maximum Gasteiger partial charge on any atom is 0.000966 e. The second-order valence-electron chi connectivity index (χ2n) is 9.14.